The summed E-state index contributed by atoms with van der Waals surface area (Å²) in [6.45, 7) is 2.30. The summed E-state index contributed by atoms with van der Waals surface area (Å²) in [6.07, 6.45) is 12.3. The molecule has 0 bridgehead atoms. The minimum Gasteiger partial charge on any atom is -0.207 e. The summed E-state index contributed by atoms with van der Waals surface area (Å²) >= 11 is 0. The maximum absolute atomic E-state index is 13.5. The first-order valence-corrected chi connectivity index (χ1v) is 10.3. The monoisotopic (exact) mass is 348 g/mol. The third-order valence-electron chi connectivity index (χ3n) is 6.41. The van der Waals surface area contributed by atoms with E-state index < -0.39 is 0 Å². The van der Waals surface area contributed by atoms with Gasteiger partial charge in [-0.1, -0.05) is 56.2 Å². The van der Waals surface area contributed by atoms with E-state index >= 15 is 0 Å². The molecule has 0 heterocycles. The van der Waals surface area contributed by atoms with Gasteiger partial charge in [-0.05, 0) is 90.3 Å². The van der Waals surface area contributed by atoms with Gasteiger partial charge < -0.3 is 0 Å². The van der Waals surface area contributed by atoms with E-state index in [-0.39, 0.29) is 5.82 Å². The van der Waals surface area contributed by atoms with Crippen molar-refractivity contribution >= 4 is 5.57 Å². The molecule has 4 rings (SSSR count). The smallest absolute Gasteiger partial charge is 0.123 e. The second kappa shape index (κ2) is 7.78. The van der Waals surface area contributed by atoms with Gasteiger partial charge in [-0.25, -0.2) is 4.39 Å². The Labute approximate surface area is 157 Å². The molecular weight excluding hydrogens is 319 g/mol. The minimum atomic E-state index is -0.126. The molecule has 0 spiro atoms. The Kier molecular flexibility index (Phi) is 5.24. The van der Waals surface area contributed by atoms with Crippen molar-refractivity contribution in [3.8, 4) is 0 Å². The minimum absolute atomic E-state index is 0.126. The van der Waals surface area contributed by atoms with Gasteiger partial charge in [0.05, 0.1) is 0 Å². The molecule has 0 nitrogen and oxygen atoms in total. The Balaban J connectivity index is 1.43. The molecule has 1 heteroatoms. The fourth-order valence-corrected chi connectivity index (χ4v) is 4.85. The maximum Gasteiger partial charge on any atom is 0.123 e. The lowest BCUT2D eigenvalue weighted by atomic mass is 9.77. The normalized spacial score (nSPS) is 22.6. The number of rotatable bonds is 4. The lowest BCUT2D eigenvalue weighted by Gasteiger charge is -2.28. The fraction of sp³-hybridized carbons (Fsp3) is 0.440. The Morgan fingerprint density at radius 2 is 1.69 bits per heavy atom. The first kappa shape index (κ1) is 17.5. The second-order valence-electron chi connectivity index (χ2n) is 8.15. The van der Waals surface area contributed by atoms with Crippen molar-refractivity contribution < 1.29 is 4.39 Å². The first-order chi connectivity index (χ1) is 12.7. The van der Waals surface area contributed by atoms with Crippen molar-refractivity contribution in [1.82, 2.24) is 0 Å². The average molecular weight is 349 g/mol. The molecule has 2 aromatic carbocycles. The standard InChI is InChI=1S/C25H29F/c1-2-3-18-4-6-19(7-5-18)20-8-10-21(11-9-20)23-13-12-22-14-15-25(26)17-24(22)16-23/h8-11,13-15,17-19H,2-7,12,16H2,1H3. The van der Waals surface area contributed by atoms with E-state index in [2.05, 4.69) is 37.3 Å². The first-order valence-electron chi connectivity index (χ1n) is 10.3. The molecule has 1 saturated carbocycles. The molecule has 2 aromatic rings. The summed E-state index contributed by atoms with van der Waals surface area (Å²) in [6, 6.07) is 14.4. The van der Waals surface area contributed by atoms with Crippen LogP contribution in [-0.4, -0.2) is 0 Å². The number of benzene rings is 2. The number of fused-ring (bicyclic) bond motifs is 1. The number of halogens is 1. The highest BCUT2D eigenvalue weighted by Crippen LogP contribution is 2.38. The molecule has 0 aliphatic heterocycles. The largest absolute Gasteiger partial charge is 0.207 e. The summed E-state index contributed by atoms with van der Waals surface area (Å²) < 4.78 is 13.5. The van der Waals surface area contributed by atoms with E-state index in [0.29, 0.717) is 0 Å². The molecule has 0 saturated heterocycles. The number of hydrogen-bond donors (Lipinski definition) is 0. The van der Waals surface area contributed by atoms with Crippen LogP contribution < -0.4 is 0 Å². The Morgan fingerprint density at radius 1 is 0.923 bits per heavy atom. The Morgan fingerprint density at radius 3 is 2.42 bits per heavy atom. The van der Waals surface area contributed by atoms with Crippen LogP contribution in [0.15, 0.2) is 48.5 Å². The van der Waals surface area contributed by atoms with Crippen LogP contribution in [0.3, 0.4) is 0 Å². The third kappa shape index (κ3) is 3.77. The highest BCUT2D eigenvalue weighted by atomic mass is 19.1. The quantitative estimate of drug-likeness (QED) is 0.553. The van der Waals surface area contributed by atoms with Crippen molar-refractivity contribution in [2.24, 2.45) is 5.92 Å². The summed E-state index contributed by atoms with van der Waals surface area (Å²) in [5.41, 5.74) is 6.53. The van der Waals surface area contributed by atoms with Gasteiger partial charge in [0, 0.05) is 0 Å². The van der Waals surface area contributed by atoms with Gasteiger partial charge >= 0.3 is 0 Å². The predicted octanol–water partition coefficient (Wildman–Crippen LogP) is 7.08. The van der Waals surface area contributed by atoms with Crippen molar-refractivity contribution in [1.29, 1.82) is 0 Å². The van der Waals surface area contributed by atoms with Gasteiger partial charge in [0.2, 0.25) is 0 Å². The summed E-state index contributed by atoms with van der Waals surface area (Å²) in [5, 5.41) is 0. The molecule has 26 heavy (non-hydrogen) atoms. The molecule has 2 aliphatic carbocycles. The highest BCUT2D eigenvalue weighted by Gasteiger charge is 2.22. The van der Waals surface area contributed by atoms with E-state index in [1.54, 1.807) is 12.1 Å². The topological polar surface area (TPSA) is 0 Å². The van der Waals surface area contributed by atoms with Crippen LogP contribution in [0.25, 0.3) is 5.57 Å². The number of allylic oxidation sites excluding steroid dienone is 2. The predicted molar refractivity (Wildman–Crippen MR) is 108 cm³/mol. The van der Waals surface area contributed by atoms with Gasteiger partial charge in [-0.15, -0.1) is 0 Å². The van der Waals surface area contributed by atoms with Gasteiger partial charge in [0.25, 0.3) is 0 Å². The molecule has 0 radical (unpaired) electrons. The van der Waals surface area contributed by atoms with E-state index in [1.807, 2.05) is 6.07 Å². The molecule has 0 atom stereocenters. The van der Waals surface area contributed by atoms with E-state index in [0.717, 1.165) is 30.2 Å². The lowest BCUT2D eigenvalue weighted by Crippen LogP contribution is -2.13. The summed E-state index contributed by atoms with van der Waals surface area (Å²) in [5.74, 6) is 1.58. The summed E-state index contributed by atoms with van der Waals surface area (Å²) in [4.78, 5) is 0. The van der Waals surface area contributed by atoms with E-state index in [4.69, 9.17) is 0 Å². The van der Waals surface area contributed by atoms with Crippen LogP contribution in [0.5, 0.6) is 0 Å². The van der Waals surface area contributed by atoms with Crippen molar-refractivity contribution in [3.05, 3.63) is 76.6 Å². The van der Waals surface area contributed by atoms with Crippen LogP contribution in [0.1, 0.15) is 73.6 Å². The van der Waals surface area contributed by atoms with Gasteiger partial charge in [0.15, 0.2) is 0 Å². The zero-order chi connectivity index (χ0) is 17.9. The van der Waals surface area contributed by atoms with Crippen LogP contribution in [0, 0.1) is 11.7 Å². The van der Waals surface area contributed by atoms with Crippen molar-refractivity contribution in [2.75, 3.05) is 0 Å². The van der Waals surface area contributed by atoms with Crippen molar-refractivity contribution in [3.63, 3.8) is 0 Å². The third-order valence-corrected chi connectivity index (χ3v) is 6.41. The van der Waals surface area contributed by atoms with Gasteiger partial charge in [0.1, 0.15) is 5.82 Å². The fourth-order valence-electron chi connectivity index (χ4n) is 4.85. The van der Waals surface area contributed by atoms with Crippen LogP contribution in [-0.2, 0) is 12.8 Å². The molecule has 2 aliphatic rings. The zero-order valence-electron chi connectivity index (χ0n) is 15.8. The molecule has 136 valence electrons. The van der Waals surface area contributed by atoms with Crippen LogP contribution >= 0.6 is 0 Å². The Bertz CT molecular complexity index is 776. The molecule has 0 N–H and O–H groups in total. The summed E-state index contributed by atoms with van der Waals surface area (Å²) in [7, 11) is 0. The molecule has 0 aromatic heterocycles. The molecule has 1 fully saturated rings. The highest BCUT2D eigenvalue weighted by molar-refractivity contribution is 5.70. The average Bonchev–Trinajstić information content (AvgIpc) is 2.68. The van der Waals surface area contributed by atoms with Gasteiger partial charge in [-0.2, -0.15) is 0 Å². The maximum atomic E-state index is 13.5. The Hall–Kier alpha value is -1.89. The van der Waals surface area contributed by atoms with Crippen LogP contribution in [0.2, 0.25) is 0 Å². The van der Waals surface area contributed by atoms with Crippen molar-refractivity contribution in [2.45, 2.75) is 64.2 Å². The number of hydrogen-bond acceptors (Lipinski definition) is 0. The van der Waals surface area contributed by atoms with Crippen LogP contribution in [0.4, 0.5) is 4.39 Å². The molecule has 0 amide bonds. The van der Waals surface area contributed by atoms with E-state index in [9.17, 15) is 4.39 Å². The van der Waals surface area contributed by atoms with Gasteiger partial charge in [-0.3, -0.25) is 0 Å². The lowest BCUT2D eigenvalue weighted by molar-refractivity contribution is 0.308. The molecule has 0 unspecified atom stereocenters. The zero-order valence-corrected chi connectivity index (χ0v) is 15.8. The second-order valence-corrected chi connectivity index (χ2v) is 8.15. The SMILES string of the molecule is CCCC1CCC(c2ccc(C3=CCc4ccc(F)cc4C3)cc2)CC1. The molecular formula is C25H29F. The van der Waals surface area contributed by atoms with E-state index in [1.165, 1.54) is 60.8 Å².